The van der Waals surface area contributed by atoms with Crippen molar-refractivity contribution in [3.63, 3.8) is 0 Å². The van der Waals surface area contributed by atoms with E-state index in [0.717, 1.165) is 17.3 Å². The maximum Gasteiger partial charge on any atom is 0.338 e. The van der Waals surface area contributed by atoms with Gasteiger partial charge in [0.15, 0.2) is 12.2 Å². The second kappa shape index (κ2) is 18.5. The average Bonchev–Trinajstić information content (AvgIpc) is 3.23. The summed E-state index contributed by atoms with van der Waals surface area (Å²) in [7, 11) is 0. The molecule has 5 atom stereocenters. The summed E-state index contributed by atoms with van der Waals surface area (Å²) >= 11 is 1.13. The SMILES string of the molecule is O=C(OC[C@H]1C[C@@H](S/C(Cc2ccccc2)=N\O)[C@H](OC(=O)c2ccccc2)[C@@H](OC(=O)c2ccccc2)[C@@H]1OC(=O)c1ccccc1)c1ccccc1. The molecule has 0 bridgehead atoms. The minimum Gasteiger partial charge on any atom is -0.462 e. The first-order chi connectivity index (χ1) is 26.4. The number of nitrogens with zero attached hydrogens (tertiary/aromatic N) is 1. The molecule has 5 aromatic rings. The van der Waals surface area contributed by atoms with Gasteiger partial charge in [0.25, 0.3) is 0 Å². The molecule has 0 aromatic heterocycles. The molecule has 0 heterocycles. The largest absolute Gasteiger partial charge is 0.462 e. The van der Waals surface area contributed by atoms with Crippen molar-refractivity contribution in [2.75, 3.05) is 6.61 Å². The monoisotopic (exact) mass is 743 g/mol. The number of oxime groups is 1. The van der Waals surface area contributed by atoms with Gasteiger partial charge in [0.05, 0.1) is 34.1 Å². The van der Waals surface area contributed by atoms with Crippen molar-refractivity contribution < 1.29 is 43.3 Å². The zero-order chi connectivity index (χ0) is 37.7. The molecule has 0 radical (unpaired) electrons. The molecule has 5 aromatic carbocycles. The lowest BCUT2D eigenvalue weighted by Gasteiger charge is -2.44. The summed E-state index contributed by atoms with van der Waals surface area (Å²) < 4.78 is 24.4. The molecule has 1 saturated carbocycles. The maximum atomic E-state index is 13.8. The Kier molecular flexibility index (Phi) is 12.9. The second-order valence-corrected chi connectivity index (χ2v) is 13.8. The Morgan fingerprint density at radius 2 is 0.926 bits per heavy atom. The van der Waals surface area contributed by atoms with Crippen molar-refractivity contribution in [1.82, 2.24) is 0 Å². The molecule has 0 unspecified atom stereocenters. The molecule has 11 heteroatoms. The molecule has 1 N–H and O–H groups in total. The van der Waals surface area contributed by atoms with Gasteiger partial charge >= 0.3 is 23.9 Å². The molecule has 0 saturated heterocycles. The smallest absolute Gasteiger partial charge is 0.338 e. The Labute approximate surface area is 316 Å². The van der Waals surface area contributed by atoms with E-state index in [1.165, 1.54) is 0 Å². The van der Waals surface area contributed by atoms with Crippen LogP contribution in [0.4, 0.5) is 0 Å². The number of esters is 4. The third kappa shape index (κ3) is 9.81. The van der Waals surface area contributed by atoms with Gasteiger partial charge in [0.2, 0.25) is 0 Å². The molecule has 0 spiro atoms. The molecule has 6 rings (SSSR count). The molecule has 1 fully saturated rings. The normalized spacial score (nSPS) is 19.6. The number of carbonyl (C=O) groups excluding carboxylic acids is 4. The number of hydrogen-bond acceptors (Lipinski definition) is 11. The van der Waals surface area contributed by atoms with Gasteiger partial charge in [-0.1, -0.05) is 120 Å². The fourth-order valence-corrected chi connectivity index (χ4v) is 7.47. The average molecular weight is 744 g/mol. The first kappa shape index (κ1) is 37.6. The van der Waals surface area contributed by atoms with Crippen molar-refractivity contribution in [2.24, 2.45) is 11.1 Å². The van der Waals surface area contributed by atoms with Crippen molar-refractivity contribution in [1.29, 1.82) is 0 Å². The van der Waals surface area contributed by atoms with E-state index in [1.807, 2.05) is 30.3 Å². The van der Waals surface area contributed by atoms with Gasteiger partial charge in [-0.15, -0.1) is 0 Å². The molecule has 10 nitrogen and oxygen atoms in total. The van der Waals surface area contributed by atoms with E-state index in [9.17, 15) is 24.4 Å². The van der Waals surface area contributed by atoms with E-state index in [4.69, 9.17) is 18.9 Å². The number of hydrogen-bond donors (Lipinski definition) is 1. The van der Waals surface area contributed by atoms with Gasteiger partial charge in [0.1, 0.15) is 11.1 Å². The highest BCUT2D eigenvalue weighted by Gasteiger charge is 2.52. The zero-order valence-corrected chi connectivity index (χ0v) is 29.8. The summed E-state index contributed by atoms with van der Waals surface area (Å²) in [5.74, 6) is -3.57. The number of ether oxygens (including phenoxy) is 4. The Morgan fingerprint density at radius 1 is 0.537 bits per heavy atom. The summed E-state index contributed by atoms with van der Waals surface area (Å²) in [4.78, 5) is 54.6. The van der Waals surface area contributed by atoms with Gasteiger partial charge < -0.3 is 24.2 Å². The van der Waals surface area contributed by atoms with Crippen LogP contribution in [0.3, 0.4) is 0 Å². The van der Waals surface area contributed by atoms with E-state index >= 15 is 0 Å². The highest BCUT2D eigenvalue weighted by molar-refractivity contribution is 8.14. The van der Waals surface area contributed by atoms with Crippen molar-refractivity contribution >= 4 is 40.7 Å². The maximum absolute atomic E-state index is 13.8. The molecule has 54 heavy (non-hydrogen) atoms. The van der Waals surface area contributed by atoms with E-state index in [1.54, 1.807) is 121 Å². The Bertz CT molecular complexity index is 2030. The highest BCUT2D eigenvalue weighted by atomic mass is 32.2. The molecule has 274 valence electrons. The lowest BCUT2D eigenvalue weighted by atomic mass is 9.82. The first-order valence-corrected chi connectivity index (χ1v) is 18.2. The van der Waals surface area contributed by atoms with E-state index < -0.39 is 53.4 Å². The van der Waals surface area contributed by atoms with Crippen LogP contribution in [0.25, 0.3) is 0 Å². The summed E-state index contributed by atoms with van der Waals surface area (Å²) in [5.41, 5.74) is 1.86. The van der Waals surface area contributed by atoms with Crippen LogP contribution in [0.15, 0.2) is 157 Å². The summed E-state index contributed by atoms with van der Waals surface area (Å²) in [5, 5.41) is 13.4. The lowest BCUT2D eigenvalue weighted by Crippen LogP contribution is -2.58. The Balaban J connectivity index is 1.41. The van der Waals surface area contributed by atoms with Crippen molar-refractivity contribution in [2.45, 2.75) is 36.4 Å². The van der Waals surface area contributed by atoms with Crippen LogP contribution in [-0.4, -0.2) is 64.3 Å². The van der Waals surface area contributed by atoms with Gasteiger partial charge in [-0.25, -0.2) is 19.2 Å². The molecule has 0 amide bonds. The second-order valence-electron chi connectivity index (χ2n) is 12.5. The lowest BCUT2D eigenvalue weighted by molar-refractivity contribution is -0.129. The predicted octanol–water partition coefficient (Wildman–Crippen LogP) is 7.67. The van der Waals surface area contributed by atoms with Crippen LogP contribution in [-0.2, 0) is 25.4 Å². The summed E-state index contributed by atoms with van der Waals surface area (Å²) in [6.45, 7) is -0.249. The summed E-state index contributed by atoms with van der Waals surface area (Å²) in [6.07, 6.45) is -3.53. The topological polar surface area (TPSA) is 138 Å². The van der Waals surface area contributed by atoms with Gasteiger partial charge in [-0.2, -0.15) is 0 Å². The van der Waals surface area contributed by atoms with Crippen LogP contribution in [0.1, 0.15) is 53.4 Å². The molecule has 0 aliphatic heterocycles. The number of carbonyl (C=O) groups is 4. The van der Waals surface area contributed by atoms with Crippen molar-refractivity contribution in [3.8, 4) is 0 Å². The number of thioether (sulfide) groups is 1. The van der Waals surface area contributed by atoms with Crippen LogP contribution in [0.5, 0.6) is 0 Å². The third-order valence-electron chi connectivity index (χ3n) is 8.81. The standard InChI is InChI=1S/C43H37NO9S/c45-40(30-18-8-2-9-19-30)50-28-34-27-35(54-36(44-49)26-29-16-6-1-7-17-29)38(52-42(47)32-22-12-4-13-23-32)39(53-43(48)33-24-14-5-15-25-33)37(34)51-41(46)31-20-10-3-11-21-31/h1-25,34-35,37-39,49H,26-28H2/b44-36-/t34-,35-,37-,38+,39+/m1/s1. The van der Waals surface area contributed by atoms with E-state index in [-0.39, 0.29) is 36.1 Å². The zero-order valence-electron chi connectivity index (χ0n) is 29.0. The third-order valence-corrected chi connectivity index (χ3v) is 10.1. The molecule has 1 aliphatic rings. The van der Waals surface area contributed by atoms with Crippen LogP contribution in [0, 0.1) is 5.92 Å². The molecular weight excluding hydrogens is 707 g/mol. The predicted molar refractivity (Wildman–Crippen MR) is 203 cm³/mol. The number of benzene rings is 5. The highest BCUT2D eigenvalue weighted by Crippen LogP contribution is 2.40. The van der Waals surface area contributed by atoms with Gasteiger partial charge in [-0.05, 0) is 60.5 Å². The van der Waals surface area contributed by atoms with E-state index in [2.05, 4.69) is 5.16 Å². The minimum atomic E-state index is -1.40. The summed E-state index contributed by atoms with van der Waals surface area (Å²) in [6, 6.07) is 42.6. The van der Waals surface area contributed by atoms with E-state index in [0.29, 0.717) is 10.6 Å². The number of rotatable bonds is 12. The van der Waals surface area contributed by atoms with Gasteiger partial charge in [0, 0.05) is 12.3 Å². The molecular formula is C43H37NO9S. The Hall–Kier alpha value is -6.20. The molecule has 1 aliphatic carbocycles. The Morgan fingerprint density at radius 3 is 1.37 bits per heavy atom. The van der Waals surface area contributed by atoms with Gasteiger partial charge in [-0.3, -0.25) is 0 Å². The van der Waals surface area contributed by atoms with Crippen molar-refractivity contribution in [3.05, 3.63) is 179 Å². The van der Waals surface area contributed by atoms with Crippen LogP contribution in [0.2, 0.25) is 0 Å². The van der Waals surface area contributed by atoms with Crippen LogP contribution < -0.4 is 0 Å². The van der Waals surface area contributed by atoms with Crippen LogP contribution >= 0.6 is 11.8 Å². The quantitative estimate of drug-likeness (QED) is 0.0338. The minimum absolute atomic E-state index is 0.124. The fraction of sp³-hybridized carbons (Fsp3) is 0.186. The first-order valence-electron chi connectivity index (χ1n) is 17.3. The fourth-order valence-electron chi connectivity index (χ4n) is 6.14.